The van der Waals surface area contributed by atoms with E-state index in [4.69, 9.17) is 4.74 Å². The molecule has 1 heterocycles. The van der Waals surface area contributed by atoms with Crippen LogP contribution in [0.2, 0.25) is 0 Å². The molecule has 4 unspecified atom stereocenters. The normalized spacial score (nSPS) is 25.8. The second-order valence-corrected chi connectivity index (χ2v) is 6.47. The molecular formula is C12H19NO4S2. The molecule has 0 aromatic heterocycles. The summed E-state index contributed by atoms with van der Waals surface area (Å²) in [5.41, 5.74) is 0. The topological polar surface area (TPSA) is 63.7 Å². The summed E-state index contributed by atoms with van der Waals surface area (Å²) in [5.74, 6) is -0.852. The second kappa shape index (κ2) is 6.65. The standard InChI is InChI=1S/C12H19NO4S2/c1-6(10(18)7(2)14)11(15)13-8(3)19-5-9(13)12(16)17-4/h6,8-10,18H,5H2,1-4H3. The van der Waals surface area contributed by atoms with Gasteiger partial charge in [-0.15, -0.1) is 11.8 Å². The fourth-order valence-electron chi connectivity index (χ4n) is 2.02. The number of nitrogens with zero attached hydrogens (tertiary/aromatic N) is 1. The number of thioether (sulfide) groups is 1. The van der Waals surface area contributed by atoms with Crippen LogP contribution in [0, 0.1) is 5.92 Å². The first-order chi connectivity index (χ1) is 8.81. The predicted octanol–water partition coefficient (Wildman–Crippen LogP) is 0.973. The number of carbonyl (C=O) groups excluding carboxylic acids is 3. The number of Topliss-reactive ketones (excluding diaryl/α,β-unsaturated/α-hetero) is 1. The van der Waals surface area contributed by atoms with Crippen molar-refractivity contribution in [3.05, 3.63) is 0 Å². The van der Waals surface area contributed by atoms with Crippen LogP contribution in [0.3, 0.4) is 0 Å². The Bertz CT molecular complexity index is 388. The van der Waals surface area contributed by atoms with E-state index >= 15 is 0 Å². The summed E-state index contributed by atoms with van der Waals surface area (Å²) in [6, 6.07) is -0.576. The zero-order valence-electron chi connectivity index (χ0n) is 11.5. The van der Waals surface area contributed by atoms with Crippen LogP contribution >= 0.6 is 24.4 Å². The third kappa shape index (κ3) is 3.45. The Hall–Kier alpha value is -0.690. The number of hydrogen-bond donors (Lipinski definition) is 1. The number of ketones is 1. The van der Waals surface area contributed by atoms with Crippen LogP contribution in [0.25, 0.3) is 0 Å². The maximum atomic E-state index is 12.4. The highest BCUT2D eigenvalue weighted by Crippen LogP contribution is 2.31. The Morgan fingerprint density at radius 2 is 2.00 bits per heavy atom. The number of amides is 1. The molecule has 0 bridgehead atoms. The second-order valence-electron chi connectivity index (χ2n) is 4.56. The molecule has 0 radical (unpaired) electrons. The van der Waals surface area contributed by atoms with Crippen molar-refractivity contribution in [3.63, 3.8) is 0 Å². The summed E-state index contributed by atoms with van der Waals surface area (Å²) < 4.78 is 4.72. The van der Waals surface area contributed by atoms with E-state index in [9.17, 15) is 14.4 Å². The van der Waals surface area contributed by atoms with Crippen molar-refractivity contribution in [2.75, 3.05) is 12.9 Å². The Kier molecular flexibility index (Phi) is 5.73. The highest BCUT2D eigenvalue weighted by atomic mass is 32.2. The lowest BCUT2D eigenvalue weighted by atomic mass is 10.0. The van der Waals surface area contributed by atoms with Gasteiger partial charge in [0.05, 0.1) is 23.7 Å². The van der Waals surface area contributed by atoms with Gasteiger partial charge in [-0.2, -0.15) is 12.6 Å². The van der Waals surface area contributed by atoms with Crippen molar-refractivity contribution in [1.82, 2.24) is 4.90 Å². The lowest BCUT2D eigenvalue weighted by Crippen LogP contribution is -2.49. The highest BCUT2D eigenvalue weighted by molar-refractivity contribution is 8.00. The lowest BCUT2D eigenvalue weighted by Gasteiger charge is -2.30. The van der Waals surface area contributed by atoms with Crippen molar-refractivity contribution >= 4 is 42.1 Å². The third-order valence-electron chi connectivity index (χ3n) is 3.23. The van der Waals surface area contributed by atoms with E-state index in [1.807, 2.05) is 6.92 Å². The number of carbonyl (C=O) groups is 3. The van der Waals surface area contributed by atoms with E-state index in [-0.39, 0.29) is 17.1 Å². The van der Waals surface area contributed by atoms with E-state index in [0.717, 1.165) is 0 Å². The minimum atomic E-state index is -0.649. The smallest absolute Gasteiger partial charge is 0.329 e. The average Bonchev–Trinajstić information content (AvgIpc) is 2.76. The molecule has 19 heavy (non-hydrogen) atoms. The van der Waals surface area contributed by atoms with Crippen LogP contribution in [0.5, 0.6) is 0 Å². The van der Waals surface area contributed by atoms with Gasteiger partial charge in [0, 0.05) is 5.75 Å². The number of thiol groups is 1. The van der Waals surface area contributed by atoms with E-state index < -0.39 is 23.2 Å². The Balaban J connectivity index is 2.89. The lowest BCUT2D eigenvalue weighted by molar-refractivity contribution is -0.153. The van der Waals surface area contributed by atoms with Crippen molar-refractivity contribution in [3.8, 4) is 0 Å². The molecule has 1 rings (SSSR count). The van der Waals surface area contributed by atoms with Crippen molar-refractivity contribution in [1.29, 1.82) is 0 Å². The van der Waals surface area contributed by atoms with E-state index in [2.05, 4.69) is 12.6 Å². The maximum absolute atomic E-state index is 12.4. The number of rotatable bonds is 4. The van der Waals surface area contributed by atoms with Crippen LogP contribution in [0.4, 0.5) is 0 Å². The number of hydrogen-bond acceptors (Lipinski definition) is 6. The van der Waals surface area contributed by atoms with Crippen molar-refractivity contribution < 1.29 is 19.1 Å². The fraction of sp³-hybridized carbons (Fsp3) is 0.750. The molecule has 0 aromatic carbocycles. The van der Waals surface area contributed by atoms with Gasteiger partial charge in [0.25, 0.3) is 0 Å². The molecule has 1 aliphatic heterocycles. The Labute approximate surface area is 122 Å². The molecule has 0 N–H and O–H groups in total. The summed E-state index contributed by atoms with van der Waals surface area (Å²) in [6.45, 7) is 4.92. The Morgan fingerprint density at radius 1 is 1.42 bits per heavy atom. The van der Waals surface area contributed by atoms with Gasteiger partial charge in [-0.3, -0.25) is 9.59 Å². The Morgan fingerprint density at radius 3 is 2.47 bits per heavy atom. The summed E-state index contributed by atoms with van der Waals surface area (Å²) in [7, 11) is 1.30. The minimum Gasteiger partial charge on any atom is -0.467 e. The minimum absolute atomic E-state index is 0.105. The highest BCUT2D eigenvalue weighted by Gasteiger charge is 2.42. The molecule has 4 atom stereocenters. The zero-order chi connectivity index (χ0) is 14.7. The molecule has 0 saturated carbocycles. The van der Waals surface area contributed by atoms with Crippen LogP contribution in [-0.2, 0) is 19.1 Å². The van der Waals surface area contributed by atoms with Crippen molar-refractivity contribution in [2.24, 2.45) is 5.92 Å². The SMILES string of the molecule is COC(=O)C1CSC(C)N1C(=O)C(C)C(S)C(C)=O. The van der Waals surface area contributed by atoms with E-state index in [1.54, 1.807) is 6.92 Å². The van der Waals surface area contributed by atoms with Gasteiger partial charge in [0.1, 0.15) is 11.8 Å². The quantitative estimate of drug-likeness (QED) is 0.619. The van der Waals surface area contributed by atoms with Gasteiger partial charge in [0.15, 0.2) is 0 Å². The molecule has 1 amide bonds. The predicted molar refractivity (Wildman–Crippen MR) is 77.2 cm³/mol. The zero-order valence-corrected chi connectivity index (χ0v) is 13.2. The van der Waals surface area contributed by atoms with Crippen LogP contribution < -0.4 is 0 Å². The summed E-state index contributed by atoms with van der Waals surface area (Å²) >= 11 is 5.68. The first-order valence-corrected chi connectivity index (χ1v) is 7.57. The monoisotopic (exact) mass is 305 g/mol. The van der Waals surface area contributed by atoms with Crippen LogP contribution in [0.15, 0.2) is 0 Å². The maximum Gasteiger partial charge on any atom is 0.329 e. The molecule has 1 fully saturated rings. The molecular weight excluding hydrogens is 286 g/mol. The van der Waals surface area contributed by atoms with Gasteiger partial charge >= 0.3 is 5.97 Å². The fourth-order valence-corrected chi connectivity index (χ4v) is 3.31. The molecule has 0 aromatic rings. The summed E-state index contributed by atoms with van der Waals surface area (Å²) in [6.07, 6.45) is 0. The largest absolute Gasteiger partial charge is 0.467 e. The molecule has 0 aliphatic carbocycles. The van der Waals surface area contributed by atoms with E-state index in [0.29, 0.717) is 5.75 Å². The van der Waals surface area contributed by atoms with E-state index in [1.165, 1.54) is 30.7 Å². The average molecular weight is 305 g/mol. The van der Waals surface area contributed by atoms with Crippen LogP contribution in [0.1, 0.15) is 20.8 Å². The molecule has 1 aliphatic rings. The molecule has 108 valence electrons. The third-order valence-corrected chi connectivity index (χ3v) is 5.26. The summed E-state index contributed by atoms with van der Waals surface area (Å²) in [5, 5.41) is -0.755. The van der Waals surface area contributed by atoms with Gasteiger partial charge < -0.3 is 9.64 Å². The first-order valence-electron chi connectivity index (χ1n) is 6.01. The molecule has 5 nitrogen and oxygen atoms in total. The summed E-state index contributed by atoms with van der Waals surface area (Å²) in [4.78, 5) is 36.9. The first kappa shape index (κ1) is 16.4. The molecule has 7 heteroatoms. The number of ether oxygens (including phenoxy) is 1. The van der Waals surface area contributed by atoms with Gasteiger partial charge in [-0.25, -0.2) is 4.79 Å². The van der Waals surface area contributed by atoms with Gasteiger partial charge in [0.2, 0.25) is 5.91 Å². The molecule has 1 saturated heterocycles. The molecule has 0 spiro atoms. The van der Waals surface area contributed by atoms with Gasteiger partial charge in [-0.1, -0.05) is 6.92 Å². The van der Waals surface area contributed by atoms with Crippen molar-refractivity contribution in [2.45, 2.75) is 37.4 Å². The number of esters is 1. The number of methoxy groups -OCH3 is 1. The van der Waals surface area contributed by atoms with Gasteiger partial charge in [-0.05, 0) is 13.8 Å². The van der Waals surface area contributed by atoms with Crippen LogP contribution in [-0.4, -0.2) is 52.1 Å².